The van der Waals surface area contributed by atoms with Gasteiger partial charge in [-0.2, -0.15) is 0 Å². The second-order valence-electron chi connectivity index (χ2n) is 7.94. The van der Waals surface area contributed by atoms with Crippen molar-refractivity contribution >= 4 is 34.4 Å². The smallest absolute Gasteiger partial charge is 0.339 e. The maximum Gasteiger partial charge on any atom is 0.339 e. The van der Waals surface area contributed by atoms with Crippen LogP contribution >= 0.6 is 0 Å². The number of pyridine rings is 1. The minimum atomic E-state index is -0.485. The number of amides is 1. The van der Waals surface area contributed by atoms with Crippen molar-refractivity contribution in [3.8, 4) is 0 Å². The Labute approximate surface area is 185 Å². The summed E-state index contributed by atoms with van der Waals surface area (Å²) in [7, 11) is 0. The first-order valence-corrected chi connectivity index (χ1v) is 10.9. The predicted molar refractivity (Wildman–Crippen MR) is 119 cm³/mol. The summed E-state index contributed by atoms with van der Waals surface area (Å²) in [5.74, 6) is 0.0658. The maximum absolute atomic E-state index is 13.3. The van der Waals surface area contributed by atoms with Crippen molar-refractivity contribution in [1.82, 2.24) is 9.88 Å². The lowest BCUT2D eigenvalue weighted by Gasteiger charge is -2.26. The highest BCUT2D eigenvalue weighted by atomic mass is 16.5. The molecule has 0 N–H and O–H groups in total. The molecule has 32 heavy (non-hydrogen) atoms. The number of hydrogen-bond acceptors (Lipinski definition) is 6. The lowest BCUT2D eigenvalue weighted by molar-refractivity contribution is -0.138. The topological polar surface area (TPSA) is 81.9 Å². The van der Waals surface area contributed by atoms with Crippen molar-refractivity contribution in [3.05, 3.63) is 65.2 Å². The van der Waals surface area contributed by atoms with E-state index in [1.807, 2.05) is 42.5 Å². The van der Waals surface area contributed by atoms with Crippen LogP contribution in [0.4, 0.5) is 0 Å². The fraction of sp³-hybridized carbons (Fsp3) is 0.320. The van der Waals surface area contributed by atoms with Crippen molar-refractivity contribution < 1.29 is 23.5 Å². The van der Waals surface area contributed by atoms with Gasteiger partial charge >= 0.3 is 5.97 Å². The zero-order chi connectivity index (χ0) is 21.9. The largest absolute Gasteiger partial charge is 0.465 e. The van der Waals surface area contributed by atoms with Gasteiger partial charge in [-0.25, -0.2) is 9.78 Å². The average Bonchev–Trinajstić information content (AvgIpc) is 3.35. The molecule has 1 fully saturated rings. The number of carbonyl (C=O) groups excluding carboxylic acids is 2. The summed E-state index contributed by atoms with van der Waals surface area (Å²) in [5.41, 5.74) is 3.94. The summed E-state index contributed by atoms with van der Waals surface area (Å²) >= 11 is 0. The zero-order valence-electron chi connectivity index (χ0n) is 17.7. The predicted octanol–water partition coefficient (Wildman–Crippen LogP) is 3.72. The summed E-state index contributed by atoms with van der Waals surface area (Å²) in [5, 5.41) is 0.745. The number of allylic oxidation sites excluding steroid dienone is 1. The molecule has 7 nitrogen and oxygen atoms in total. The van der Waals surface area contributed by atoms with Crippen molar-refractivity contribution in [3.63, 3.8) is 0 Å². The number of hydrogen-bond donors (Lipinski definition) is 0. The lowest BCUT2D eigenvalue weighted by atomic mass is 9.86. The number of nitrogens with zero attached hydrogens (tertiary/aromatic N) is 2. The number of ether oxygens (including phenoxy) is 2. The molecule has 3 heterocycles. The molecule has 0 saturated carbocycles. The third kappa shape index (κ3) is 4.03. The number of morpholine rings is 1. The normalized spacial score (nSPS) is 17.4. The Morgan fingerprint density at radius 1 is 1.09 bits per heavy atom. The van der Waals surface area contributed by atoms with Gasteiger partial charge < -0.3 is 18.8 Å². The minimum absolute atomic E-state index is 0.202. The van der Waals surface area contributed by atoms with Crippen molar-refractivity contribution in [1.29, 1.82) is 0 Å². The molecule has 0 spiro atoms. The van der Waals surface area contributed by atoms with Gasteiger partial charge in [0.05, 0.1) is 36.3 Å². The van der Waals surface area contributed by atoms with E-state index in [9.17, 15) is 9.59 Å². The van der Waals surface area contributed by atoms with Gasteiger partial charge in [0.15, 0.2) is 6.61 Å². The van der Waals surface area contributed by atoms with Crippen molar-refractivity contribution in [2.75, 3.05) is 32.9 Å². The number of fused-ring (bicyclic) bond motifs is 2. The third-order valence-electron chi connectivity index (χ3n) is 5.92. The summed E-state index contributed by atoms with van der Waals surface area (Å²) in [6.07, 6.45) is 6.09. The second-order valence-corrected chi connectivity index (χ2v) is 7.94. The van der Waals surface area contributed by atoms with E-state index >= 15 is 0 Å². The van der Waals surface area contributed by atoms with E-state index in [4.69, 9.17) is 18.9 Å². The quantitative estimate of drug-likeness (QED) is 0.585. The fourth-order valence-electron chi connectivity index (χ4n) is 4.36. The van der Waals surface area contributed by atoms with Gasteiger partial charge in [-0.15, -0.1) is 0 Å². The minimum Gasteiger partial charge on any atom is -0.465 e. The van der Waals surface area contributed by atoms with E-state index < -0.39 is 5.97 Å². The van der Waals surface area contributed by atoms with E-state index in [0.717, 1.165) is 52.8 Å². The highest BCUT2D eigenvalue weighted by Gasteiger charge is 2.27. The highest BCUT2D eigenvalue weighted by molar-refractivity contribution is 6.07. The third-order valence-corrected chi connectivity index (χ3v) is 5.92. The Kier molecular flexibility index (Phi) is 5.73. The van der Waals surface area contributed by atoms with E-state index in [1.54, 1.807) is 11.2 Å². The van der Waals surface area contributed by atoms with Crippen LogP contribution in [0.1, 0.15) is 40.2 Å². The number of esters is 1. The fourth-order valence-corrected chi connectivity index (χ4v) is 4.36. The molecular weight excluding hydrogens is 408 g/mol. The molecule has 3 aromatic rings. The van der Waals surface area contributed by atoms with E-state index in [-0.39, 0.29) is 12.5 Å². The van der Waals surface area contributed by atoms with Gasteiger partial charge in [0.25, 0.3) is 5.91 Å². The molecule has 0 bridgehead atoms. The standard InChI is InChI=1S/C25H24N2O5/c28-22(27-10-13-30-14-11-27)16-32-25(29)23-19-7-1-2-9-21(19)26-24-17(5-3-8-20(23)24)15-18-6-4-12-31-18/h1-2,4,6-7,9,12,15H,3,5,8,10-11,13-14,16H2/b17-15-. The van der Waals surface area contributed by atoms with Crippen LogP contribution in [0.2, 0.25) is 0 Å². The first-order valence-electron chi connectivity index (χ1n) is 10.9. The van der Waals surface area contributed by atoms with Crippen LogP contribution in [0, 0.1) is 0 Å². The van der Waals surface area contributed by atoms with Crippen LogP contribution in [-0.2, 0) is 20.7 Å². The molecule has 0 radical (unpaired) electrons. The Morgan fingerprint density at radius 3 is 2.75 bits per heavy atom. The SMILES string of the molecule is O=C(OCC(=O)N1CCOCC1)c1c2c(nc3ccccc13)/C(=C\c1ccco1)CCC2. The molecule has 1 saturated heterocycles. The number of para-hydroxylation sites is 1. The van der Waals surface area contributed by atoms with Gasteiger partial charge in [-0.05, 0) is 54.7 Å². The molecule has 2 aromatic heterocycles. The number of benzene rings is 1. The maximum atomic E-state index is 13.3. The highest BCUT2D eigenvalue weighted by Crippen LogP contribution is 2.36. The van der Waals surface area contributed by atoms with Gasteiger partial charge in [0.1, 0.15) is 5.76 Å². The Balaban J connectivity index is 1.49. The van der Waals surface area contributed by atoms with E-state index in [1.165, 1.54) is 0 Å². The van der Waals surface area contributed by atoms with Gasteiger partial charge in [-0.1, -0.05) is 18.2 Å². The van der Waals surface area contributed by atoms with Gasteiger partial charge in [-0.3, -0.25) is 4.79 Å². The van der Waals surface area contributed by atoms with Crippen molar-refractivity contribution in [2.24, 2.45) is 0 Å². The van der Waals surface area contributed by atoms with Gasteiger partial charge in [0.2, 0.25) is 0 Å². The molecule has 5 rings (SSSR count). The van der Waals surface area contributed by atoms with Crippen LogP contribution in [0.3, 0.4) is 0 Å². The molecule has 7 heteroatoms. The van der Waals surface area contributed by atoms with E-state index in [0.29, 0.717) is 31.9 Å². The van der Waals surface area contributed by atoms with Crippen LogP contribution in [0.25, 0.3) is 22.6 Å². The summed E-state index contributed by atoms with van der Waals surface area (Å²) in [6.45, 7) is 1.77. The van der Waals surface area contributed by atoms with Crippen molar-refractivity contribution in [2.45, 2.75) is 19.3 Å². The molecular formula is C25H24N2O5. The summed E-state index contributed by atoms with van der Waals surface area (Å²) in [4.78, 5) is 32.3. The summed E-state index contributed by atoms with van der Waals surface area (Å²) < 4.78 is 16.3. The number of aromatic nitrogens is 1. The van der Waals surface area contributed by atoms with Crippen LogP contribution in [-0.4, -0.2) is 54.7 Å². The first kappa shape index (κ1) is 20.5. The van der Waals surface area contributed by atoms with E-state index in [2.05, 4.69) is 0 Å². The average molecular weight is 432 g/mol. The second kappa shape index (κ2) is 8.96. The number of rotatable bonds is 4. The van der Waals surface area contributed by atoms with Gasteiger partial charge in [0, 0.05) is 18.5 Å². The Bertz CT molecular complexity index is 1180. The summed E-state index contributed by atoms with van der Waals surface area (Å²) in [6, 6.07) is 11.3. The Hall–Kier alpha value is -3.45. The van der Waals surface area contributed by atoms with Crippen LogP contribution < -0.4 is 0 Å². The number of carbonyl (C=O) groups is 2. The molecule has 0 unspecified atom stereocenters. The molecule has 0 atom stereocenters. The molecule has 1 amide bonds. The van der Waals surface area contributed by atoms with Crippen LogP contribution in [0.15, 0.2) is 47.1 Å². The molecule has 1 aliphatic heterocycles. The molecule has 164 valence electrons. The molecule has 1 aliphatic carbocycles. The molecule has 1 aromatic carbocycles. The monoisotopic (exact) mass is 432 g/mol. The first-order chi connectivity index (χ1) is 15.7. The Morgan fingerprint density at radius 2 is 1.94 bits per heavy atom. The molecule has 2 aliphatic rings. The van der Waals surface area contributed by atoms with Crippen LogP contribution in [0.5, 0.6) is 0 Å². The lowest BCUT2D eigenvalue weighted by Crippen LogP contribution is -2.42. The zero-order valence-corrected chi connectivity index (χ0v) is 17.7. The number of furan rings is 1.